The van der Waals surface area contributed by atoms with Gasteiger partial charge in [-0.25, -0.2) is 0 Å². The first kappa shape index (κ1) is 14.4. The van der Waals surface area contributed by atoms with Gasteiger partial charge in [0.25, 0.3) is 0 Å². The highest BCUT2D eigenvalue weighted by molar-refractivity contribution is 5.98. The second-order valence-corrected chi connectivity index (χ2v) is 3.30. The number of nitrogens with zero attached hydrogens (tertiary/aromatic N) is 4. The normalized spacial score (nSPS) is 12.4. The maximum Gasteiger partial charge on any atom is 0.614 e. The van der Waals surface area contributed by atoms with E-state index in [2.05, 4.69) is 14.8 Å². The van der Waals surface area contributed by atoms with Gasteiger partial charge in [0.15, 0.2) is 0 Å². The van der Waals surface area contributed by atoms with Gasteiger partial charge in [0.1, 0.15) is 27.7 Å². The summed E-state index contributed by atoms with van der Waals surface area (Å²) in [6.07, 6.45) is -1.94. The van der Waals surface area contributed by atoms with Gasteiger partial charge in [0.2, 0.25) is 0 Å². The highest BCUT2D eigenvalue weighted by Gasteiger charge is 2.57. The van der Waals surface area contributed by atoms with Crippen molar-refractivity contribution in [1.82, 2.24) is 5.16 Å². The van der Waals surface area contributed by atoms with E-state index in [-0.39, 0.29) is 5.69 Å². The molecule has 0 aliphatic heterocycles. The predicted octanol–water partition coefficient (Wildman–Crippen LogP) is 0.949. The van der Waals surface area contributed by atoms with Gasteiger partial charge in [0, 0.05) is 12.5 Å². The first-order valence-corrected chi connectivity index (χ1v) is 4.62. The number of oxime groups is 1. The van der Waals surface area contributed by atoms with Gasteiger partial charge in [-0.1, -0.05) is 14.7 Å². The van der Waals surface area contributed by atoms with Gasteiger partial charge in [0.05, 0.1) is 0 Å². The molecule has 10 nitrogen and oxygen atoms in total. The largest absolute Gasteiger partial charge is 0.614 e. The van der Waals surface area contributed by atoms with Crippen molar-refractivity contribution in [3.8, 4) is 0 Å². The summed E-state index contributed by atoms with van der Waals surface area (Å²) in [5.41, 5.74) is -0.840. The summed E-state index contributed by atoms with van der Waals surface area (Å²) < 4.78 is 29.9. The van der Waals surface area contributed by atoms with E-state index in [0.29, 0.717) is 6.07 Å². The molecule has 0 aliphatic rings. The zero-order valence-corrected chi connectivity index (χ0v) is 9.02. The third-order valence-electron chi connectivity index (χ3n) is 2.14. The number of halogens is 2. The Hall–Kier alpha value is -2.66. The van der Waals surface area contributed by atoms with E-state index in [1.165, 1.54) is 0 Å². The van der Waals surface area contributed by atoms with Crippen LogP contribution in [0.5, 0.6) is 0 Å². The molecule has 1 rings (SSSR count). The van der Waals surface area contributed by atoms with Gasteiger partial charge in [-0.3, -0.25) is 20.2 Å². The van der Waals surface area contributed by atoms with Crippen LogP contribution in [0.1, 0.15) is 18.5 Å². The lowest BCUT2D eigenvalue weighted by Gasteiger charge is -2.07. The number of hydrogen-bond acceptors (Lipinski definition) is 8. The fraction of sp³-hybridized carbons (Fsp3) is 0.429. The fourth-order valence-corrected chi connectivity index (χ4v) is 1.14. The summed E-state index contributed by atoms with van der Waals surface area (Å²) in [6, 6.07) is -0.459. The maximum atomic E-state index is 13.4. The molecule has 0 saturated heterocycles. The predicted molar refractivity (Wildman–Crippen MR) is 51.8 cm³/mol. The van der Waals surface area contributed by atoms with Crippen LogP contribution < -0.4 is 0 Å². The molecule has 1 N–H and O–H groups in total. The van der Waals surface area contributed by atoms with Crippen LogP contribution in [-0.2, 0) is 0 Å². The summed E-state index contributed by atoms with van der Waals surface area (Å²) in [5, 5.41) is 34.9. The Morgan fingerprint density at radius 2 is 2.11 bits per heavy atom. The topological polar surface area (TPSA) is 145 Å². The van der Waals surface area contributed by atoms with Crippen molar-refractivity contribution in [2.24, 2.45) is 5.16 Å². The molecule has 0 radical (unpaired) electrons. The minimum Gasteiger partial charge on any atom is -0.411 e. The Kier molecular flexibility index (Phi) is 4.04. The fourth-order valence-electron chi connectivity index (χ4n) is 1.14. The second kappa shape index (κ2) is 5.32. The summed E-state index contributed by atoms with van der Waals surface area (Å²) in [6.45, 7) is 0. The second-order valence-electron chi connectivity index (χ2n) is 3.30. The highest BCUT2D eigenvalue weighted by Crippen LogP contribution is 2.21. The van der Waals surface area contributed by atoms with E-state index in [0.717, 1.165) is 0 Å². The Morgan fingerprint density at radius 3 is 2.47 bits per heavy atom. The Balaban J connectivity index is 2.84. The molecule has 0 unspecified atom stereocenters. The average molecular weight is 280 g/mol. The molecule has 0 fully saturated rings. The van der Waals surface area contributed by atoms with E-state index in [1.807, 2.05) is 0 Å². The first-order valence-electron chi connectivity index (χ1n) is 4.62. The van der Waals surface area contributed by atoms with Crippen LogP contribution >= 0.6 is 0 Å². The van der Waals surface area contributed by atoms with Gasteiger partial charge in [-0.15, -0.1) is 0 Å². The Labute approximate surface area is 102 Å². The summed E-state index contributed by atoms with van der Waals surface area (Å²) >= 11 is 0. The first-order chi connectivity index (χ1) is 8.81. The molecule has 19 heavy (non-hydrogen) atoms. The van der Waals surface area contributed by atoms with Gasteiger partial charge in [-0.2, -0.15) is 4.39 Å². The Bertz CT molecular complexity index is 515. The SMILES string of the molecule is O=[N+]([O-])C(F)(CCC(=NO)c1cc(F)on1)[N+](=O)[O-]. The van der Waals surface area contributed by atoms with Crippen LogP contribution in [-0.4, -0.2) is 31.8 Å². The van der Waals surface area contributed by atoms with E-state index < -0.39 is 40.3 Å². The molecule has 0 spiro atoms. The van der Waals surface area contributed by atoms with Crippen molar-refractivity contribution < 1.29 is 28.4 Å². The van der Waals surface area contributed by atoms with Crippen molar-refractivity contribution in [3.05, 3.63) is 38.0 Å². The van der Waals surface area contributed by atoms with Gasteiger partial charge in [-0.05, 0) is 0 Å². The van der Waals surface area contributed by atoms with Gasteiger partial charge < -0.3 is 9.73 Å². The number of hydrogen-bond donors (Lipinski definition) is 1. The molecule has 1 aromatic heterocycles. The summed E-state index contributed by atoms with van der Waals surface area (Å²) in [4.78, 5) is 17.2. The molecular formula is C7H6F2N4O6. The Morgan fingerprint density at radius 1 is 1.53 bits per heavy atom. The molecular weight excluding hydrogens is 274 g/mol. The highest BCUT2D eigenvalue weighted by atomic mass is 19.2. The van der Waals surface area contributed by atoms with Crippen molar-refractivity contribution in [2.75, 3.05) is 0 Å². The molecule has 0 bridgehead atoms. The molecule has 104 valence electrons. The van der Waals surface area contributed by atoms with E-state index in [1.54, 1.807) is 0 Å². The minimum atomic E-state index is -3.93. The third-order valence-corrected chi connectivity index (χ3v) is 2.14. The van der Waals surface area contributed by atoms with Crippen molar-refractivity contribution in [1.29, 1.82) is 0 Å². The zero-order valence-electron chi connectivity index (χ0n) is 9.02. The van der Waals surface area contributed by atoms with Gasteiger partial charge >= 0.3 is 11.9 Å². The third kappa shape index (κ3) is 2.97. The molecule has 0 aromatic carbocycles. The van der Waals surface area contributed by atoms with Crippen LogP contribution in [0.2, 0.25) is 0 Å². The number of rotatable bonds is 6. The van der Waals surface area contributed by atoms with E-state index in [9.17, 15) is 29.0 Å². The summed E-state index contributed by atoms with van der Waals surface area (Å²) in [5.74, 6) is -3.93. The van der Waals surface area contributed by atoms with E-state index in [4.69, 9.17) is 5.21 Å². The van der Waals surface area contributed by atoms with Crippen molar-refractivity contribution in [2.45, 2.75) is 18.8 Å². The van der Waals surface area contributed by atoms with Crippen molar-refractivity contribution >= 4 is 5.71 Å². The number of nitro groups is 2. The molecule has 0 amide bonds. The maximum absolute atomic E-state index is 13.4. The zero-order chi connectivity index (χ0) is 14.6. The minimum absolute atomic E-state index is 0.353. The molecule has 0 saturated carbocycles. The molecule has 1 aromatic rings. The molecule has 0 aliphatic carbocycles. The van der Waals surface area contributed by atoms with Crippen LogP contribution in [0.3, 0.4) is 0 Å². The number of aromatic nitrogens is 1. The number of alkyl halides is 1. The standard InChI is InChI=1S/C7H6F2N4O6/c8-6-3-5(11-19-6)4(10-14)1-2-7(9,12(15)16)13(17)18/h3,14H,1-2H2. The van der Waals surface area contributed by atoms with Crippen LogP contribution in [0.4, 0.5) is 8.78 Å². The van der Waals surface area contributed by atoms with Crippen molar-refractivity contribution in [3.63, 3.8) is 0 Å². The quantitative estimate of drug-likeness (QED) is 0.204. The average Bonchev–Trinajstić information content (AvgIpc) is 2.75. The van der Waals surface area contributed by atoms with Crippen LogP contribution in [0.25, 0.3) is 0 Å². The lowest BCUT2D eigenvalue weighted by Crippen LogP contribution is -2.42. The molecule has 0 atom stereocenters. The van der Waals surface area contributed by atoms with Crippen LogP contribution in [0.15, 0.2) is 15.7 Å². The monoisotopic (exact) mass is 280 g/mol. The summed E-state index contributed by atoms with van der Waals surface area (Å²) in [7, 11) is 0. The van der Waals surface area contributed by atoms with Crippen LogP contribution in [0, 0.1) is 26.2 Å². The lowest BCUT2D eigenvalue weighted by molar-refractivity contribution is -0.832. The molecule has 12 heteroatoms. The smallest absolute Gasteiger partial charge is 0.411 e. The van der Waals surface area contributed by atoms with E-state index >= 15 is 0 Å². The molecule has 1 heterocycles. The lowest BCUT2D eigenvalue weighted by atomic mass is 10.1.